The van der Waals surface area contributed by atoms with Crippen molar-refractivity contribution in [2.45, 2.75) is 26.8 Å². The van der Waals surface area contributed by atoms with Crippen molar-refractivity contribution in [2.75, 3.05) is 6.54 Å². The Morgan fingerprint density at radius 2 is 1.93 bits per heavy atom. The molecule has 0 fully saturated rings. The highest BCUT2D eigenvalue weighted by Crippen LogP contribution is 2.37. The lowest BCUT2D eigenvalue weighted by Gasteiger charge is -2.34. The first-order valence-corrected chi connectivity index (χ1v) is 9.43. The number of hydrogen-bond donors (Lipinski definition) is 1. The van der Waals surface area contributed by atoms with E-state index >= 15 is 0 Å². The first kappa shape index (κ1) is 18.9. The van der Waals surface area contributed by atoms with Crippen LogP contribution in [0.3, 0.4) is 0 Å². The summed E-state index contributed by atoms with van der Waals surface area (Å²) in [5, 5.41) is 7.05. The van der Waals surface area contributed by atoms with E-state index in [9.17, 15) is 9.18 Å². The van der Waals surface area contributed by atoms with Gasteiger partial charge in [0.2, 0.25) is 5.82 Å². The first-order valence-electron chi connectivity index (χ1n) is 9.43. The molecule has 7 heteroatoms. The number of aromatic nitrogens is 2. The van der Waals surface area contributed by atoms with Gasteiger partial charge >= 0.3 is 6.03 Å². The predicted octanol–water partition coefficient (Wildman–Crippen LogP) is 4.70. The summed E-state index contributed by atoms with van der Waals surface area (Å²) in [6.07, 6.45) is 0. The largest absolute Gasteiger partial charge is 0.334 e. The molecule has 2 amide bonds. The fourth-order valence-electron chi connectivity index (χ4n) is 3.53. The molecule has 29 heavy (non-hydrogen) atoms. The molecular weight excluding hydrogens is 371 g/mol. The van der Waals surface area contributed by atoms with Gasteiger partial charge in [-0.15, -0.1) is 0 Å². The van der Waals surface area contributed by atoms with Crippen LogP contribution < -0.4 is 5.32 Å². The van der Waals surface area contributed by atoms with E-state index in [1.807, 2.05) is 45.0 Å². The summed E-state index contributed by atoms with van der Waals surface area (Å²) >= 11 is 0. The molecule has 4 rings (SSSR count). The summed E-state index contributed by atoms with van der Waals surface area (Å²) in [5.74, 6) is 0.376. The molecule has 148 valence electrons. The lowest BCUT2D eigenvalue weighted by atomic mass is 9.94. The van der Waals surface area contributed by atoms with Crippen LogP contribution in [0.2, 0.25) is 0 Å². The Balaban J connectivity index is 1.81. The van der Waals surface area contributed by atoms with E-state index in [4.69, 9.17) is 4.52 Å². The highest BCUT2D eigenvalue weighted by Gasteiger charge is 2.35. The molecule has 0 saturated heterocycles. The van der Waals surface area contributed by atoms with Crippen LogP contribution in [0.5, 0.6) is 0 Å². The molecule has 0 saturated carbocycles. The minimum absolute atomic E-state index is 0.249. The maximum Gasteiger partial charge on any atom is 0.322 e. The highest BCUT2D eigenvalue weighted by molar-refractivity contribution is 5.86. The van der Waals surface area contributed by atoms with Gasteiger partial charge in [-0.2, -0.15) is 4.98 Å². The number of halogens is 1. The van der Waals surface area contributed by atoms with Crippen molar-refractivity contribution in [3.8, 4) is 11.4 Å². The lowest BCUT2D eigenvalue weighted by Crippen LogP contribution is -2.45. The van der Waals surface area contributed by atoms with Crippen LogP contribution in [-0.4, -0.2) is 27.6 Å². The second-order valence-electron chi connectivity index (χ2n) is 6.97. The fourth-order valence-corrected chi connectivity index (χ4v) is 3.53. The third kappa shape index (κ3) is 3.51. The minimum atomic E-state index is -0.590. The Hall–Kier alpha value is -3.48. The van der Waals surface area contributed by atoms with E-state index in [0.717, 1.165) is 11.1 Å². The molecule has 0 spiro atoms. The molecule has 1 atom stereocenters. The van der Waals surface area contributed by atoms with Crippen LogP contribution >= 0.6 is 0 Å². The van der Waals surface area contributed by atoms with E-state index in [-0.39, 0.29) is 11.8 Å². The molecular formula is C22H21FN4O2. The van der Waals surface area contributed by atoms with E-state index in [1.54, 1.807) is 17.0 Å². The van der Waals surface area contributed by atoms with Crippen molar-refractivity contribution in [3.63, 3.8) is 0 Å². The molecule has 1 aromatic heterocycles. The molecule has 6 nitrogen and oxygen atoms in total. The number of allylic oxidation sites excluding steroid dienone is 1. The summed E-state index contributed by atoms with van der Waals surface area (Å²) in [5.41, 5.74) is 3.93. The number of rotatable bonds is 4. The number of aryl methyl sites for hydroxylation is 1. The maximum atomic E-state index is 13.9. The minimum Gasteiger partial charge on any atom is -0.334 e. The predicted molar refractivity (Wildman–Crippen MR) is 107 cm³/mol. The topological polar surface area (TPSA) is 71.3 Å². The van der Waals surface area contributed by atoms with E-state index in [0.29, 0.717) is 35.1 Å². The first-order chi connectivity index (χ1) is 14.0. The van der Waals surface area contributed by atoms with Gasteiger partial charge in [0, 0.05) is 17.8 Å². The average molecular weight is 392 g/mol. The van der Waals surface area contributed by atoms with Crippen LogP contribution in [0.1, 0.15) is 36.9 Å². The number of urea groups is 1. The monoisotopic (exact) mass is 392 g/mol. The number of nitrogens with one attached hydrogen (secondary N) is 1. The standard InChI is InChI=1S/C22H21FN4O2/c1-4-27-14(3)18(19(24-22(27)28)16-6-5-7-17(23)12-16)21-25-20(26-29-21)15-10-8-13(2)9-11-15/h5-12,19H,4H2,1-3H3,(H,24,28). The van der Waals surface area contributed by atoms with Crippen LogP contribution in [-0.2, 0) is 0 Å². The normalized spacial score (nSPS) is 16.9. The van der Waals surface area contributed by atoms with Crippen molar-refractivity contribution < 1.29 is 13.7 Å². The lowest BCUT2D eigenvalue weighted by molar-refractivity contribution is 0.207. The third-order valence-corrected chi connectivity index (χ3v) is 5.06. The smallest absolute Gasteiger partial charge is 0.322 e. The van der Waals surface area contributed by atoms with Gasteiger partial charge in [0.15, 0.2) is 0 Å². The van der Waals surface area contributed by atoms with Crippen LogP contribution in [0.25, 0.3) is 17.0 Å². The number of nitrogens with zero attached hydrogens (tertiary/aromatic N) is 3. The number of carbonyl (C=O) groups excluding carboxylic acids is 1. The highest BCUT2D eigenvalue weighted by atomic mass is 19.1. The number of carbonyl (C=O) groups is 1. The Labute approximate surface area is 168 Å². The van der Waals surface area contributed by atoms with Gasteiger partial charge in [-0.05, 0) is 38.5 Å². The summed E-state index contributed by atoms with van der Waals surface area (Å²) in [7, 11) is 0. The average Bonchev–Trinajstić information content (AvgIpc) is 3.18. The molecule has 1 aliphatic rings. The maximum absolute atomic E-state index is 13.9. The van der Waals surface area contributed by atoms with Crippen molar-refractivity contribution >= 4 is 11.6 Å². The van der Waals surface area contributed by atoms with Crippen molar-refractivity contribution in [1.29, 1.82) is 0 Å². The fraction of sp³-hybridized carbons (Fsp3) is 0.227. The SMILES string of the molecule is CCN1C(=O)NC(c2cccc(F)c2)C(c2nc(-c3ccc(C)cc3)no2)=C1C. The zero-order chi connectivity index (χ0) is 20.5. The second kappa shape index (κ2) is 7.50. The summed E-state index contributed by atoms with van der Waals surface area (Å²) < 4.78 is 19.4. The molecule has 3 aromatic rings. The number of hydrogen-bond acceptors (Lipinski definition) is 4. The van der Waals surface area contributed by atoms with Gasteiger partial charge in [-0.3, -0.25) is 4.90 Å². The van der Waals surface area contributed by atoms with Crippen LogP contribution in [0.15, 0.2) is 58.8 Å². The van der Waals surface area contributed by atoms with Gasteiger partial charge < -0.3 is 9.84 Å². The van der Waals surface area contributed by atoms with Gasteiger partial charge in [0.25, 0.3) is 5.89 Å². The molecule has 1 aliphatic heterocycles. The summed E-state index contributed by atoms with van der Waals surface area (Å²) in [6.45, 7) is 6.21. The Kier molecular flexibility index (Phi) is 4.88. The van der Waals surface area contributed by atoms with Crippen molar-refractivity contribution in [3.05, 3.63) is 77.1 Å². The van der Waals surface area contributed by atoms with Gasteiger partial charge in [0.05, 0.1) is 11.6 Å². The molecule has 0 radical (unpaired) electrons. The third-order valence-electron chi connectivity index (χ3n) is 5.06. The van der Waals surface area contributed by atoms with Crippen molar-refractivity contribution in [1.82, 2.24) is 20.4 Å². The van der Waals surface area contributed by atoms with Gasteiger partial charge in [0.1, 0.15) is 5.82 Å². The Morgan fingerprint density at radius 3 is 2.62 bits per heavy atom. The summed E-state index contributed by atoms with van der Waals surface area (Å²) in [6, 6.07) is 13.1. The quantitative estimate of drug-likeness (QED) is 0.699. The number of benzene rings is 2. The second-order valence-corrected chi connectivity index (χ2v) is 6.97. The zero-order valence-electron chi connectivity index (χ0n) is 16.4. The van der Waals surface area contributed by atoms with Crippen molar-refractivity contribution in [2.24, 2.45) is 0 Å². The molecule has 0 aliphatic carbocycles. The van der Waals surface area contributed by atoms with E-state index in [1.165, 1.54) is 12.1 Å². The van der Waals surface area contributed by atoms with E-state index < -0.39 is 6.04 Å². The molecule has 0 bridgehead atoms. The summed E-state index contributed by atoms with van der Waals surface area (Å²) in [4.78, 5) is 18.7. The molecule has 1 N–H and O–H groups in total. The van der Waals surface area contributed by atoms with Crippen LogP contribution in [0, 0.1) is 12.7 Å². The number of amides is 2. The Morgan fingerprint density at radius 1 is 1.17 bits per heavy atom. The van der Waals surface area contributed by atoms with Gasteiger partial charge in [-0.25, -0.2) is 9.18 Å². The molecule has 2 heterocycles. The molecule has 1 unspecified atom stereocenters. The molecule has 2 aromatic carbocycles. The van der Waals surface area contributed by atoms with Crippen LogP contribution in [0.4, 0.5) is 9.18 Å². The zero-order valence-corrected chi connectivity index (χ0v) is 16.4. The van der Waals surface area contributed by atoms with Gasteiger partial charge in [-0.1, -0.05) is 47.1 Å². The van der Waals surface area contributed by atoms with E-state index in [2.05, 4.69) is 15.5 Å². The Bertz CT molecular complexity index is 1090.